The van der Waals surface area contributed by atoms with Gasteiger partial charge in [0.25, 0.3) is 0 Å². The molecule has 6 nitrogen and oxygen atoms in total. The van der Waals surface area contributed by atoms with Crippen molar-refractivity contribution in [1.29, 1.82) is 0 Å². The SMILES string of the molecule is Cc1ccccc1OCCOC(=O)c1cc(S(=O)(=O)N2CCCC2)ccc1Cl. The number of benzene rings is 2. The minimum Gasteiger partial charge on any atom is -0.490 e. The Labute approximate surface area is 170 Å². The number of sulfonamides is 1. The third-order valence-corrected chi connectivity index (χ3v) is 6.75. The molecular weight excluding hydrogens is 402 g/mol. The van der Waals surface area contributed by atoms with E-state index in [1.807, 2.05) is 31.2 Å². The Balaban J connectivity index is 1.64. The molecule has 0 aromatic heterocycles. The number of esters is 1. The topological polar surface area (TPSA) is 72.9 Å². The lowest BCUT2D eigenvalue weighted by Gasteiger charge is -2.16. The molecule has 3 rings (SSSR count). The van der Waals surface area contributed by atoms with Crippen LogP contribution in [0.25, 0.3) is 0 Å². The van der Waals surface area contributed by atoms with Crippen LogP contribution in [0, 0.1) is 6.92 Å². The van der Waals surface area contributed by atoms with Crippen LogP contribution in [0.1, 0.15) is 28.8 Å². The molecule has 1 fully saturated rings. The van der Waals surface area contributed by atoms with Crippen molar-refractivity contribution in [3.63, 3.8) is 0 Å². The predicted molar refractivity (Wildman–Crippen MR) is 106 cm³/mol. The first-order chi connectivity index (χ1) is 13.4. The molecule has 8 heteroatoms. The standard InChI is InChI=1S/C20H22ClNO5S/c1-15-6-2-3-7-19(15)26-12-13-27-20(23)17-14-16(8-9-18(17)21)28(24,25)22-10-4-5-11-22/h2-3,6-9,14H,4-5,10-13H2,1H3. The Morgan fingerprint density at radius 3 is 2.54 bits per heavy atom. The molecular formula is C20H22ClNO5S. The number of hydrogen-bond acceptors (Lipinski definition) is 5. The molecule has 2 aromatic carbocycles. The number of carbonyl (C=O) groups excluding carboxylic acids is 1. The summed E-state index contributed by atoms with van der Waals surface area (Å²) >= 11 is 6.09. The van der Waals surface area contributed by atoms with Crippen LogP contribution in [-0.2, 0) is 14.8 Å². The number of ether oxygens (including phenoxy) is 2. The zero-order chi connectivity index (χ0) is 20.1. The molecule has 2 aromatic rings. The summed E-state index contributed by atoms with van der Waals surface area (Å²) in [6, 6.07) is 11.6. The van der Waals surface area contributed by atoms with Crippen molar-refractivity contribution in [2.24, 2.45) is 0 Å². The van der Waals surface area contributed by atoms with Gasteiger partial charge in [0.15, 0.2) is 0 Å². The van der Waals surface area contributed by atoms with Crippen LogP contribution in [0.4, 0.5) is 0 Å². The van der Waals surface area contributed by atoms with Crippen molar-refractivity contribution in [2.45, 2.75) is 24.7 Å². The van der Waals surface area contributed by atoms with E-state index in [4.69, 9.17) is 21.1 Å². The molecule has 1 heterocycles. The van der Waals surface area contributed by atoms with Gasteiger partial charge in [0, 0.05) is 13.1 Å². The maximum atomic E-state index is 12.7. The van der Waals surface area contributed by atoms with Gasteiger partial charge in [-0.2, -0.15) is 4.31 Å². The first-order valence-electron chi connectivity index (χ1n) is 9.05. The molecule has 1 saturated heterocycles. The van der Waals surface area contributed by atoms with Crippen molar-refractivity contribution in [3.05, 3.63) is 58.6 Å². The summed E-state index contributed by atoms with van der Waals surface area (Å²) in [5.41, 5.74) is 1.01. The van der Waals surface area contributed by atoms with E-state index in [0.29, 0.717) is 13.1 Å². The highest BCUT2D eigenvalue weighted by atomic mass is 35.5. The maximum Gasteiger partial charge on any atom is 0.339 e. The van der Waals surface area contributed by atoms with E-state index in [1.54, 1.807) is 0 Å². The smallest absolute Gasteiger partial charge is 0.339 e. The third-order valence-electron chi connectivity index (χ3n) is 4.53. The number of para-hydroxylation sites is 1. The molecule has 28 heavy (non-hydrogen) atoms. The predicted octanol–water partition coefficient (Wildman–Crippen LogP) is 3.67. The zero-order valence-electron chi connectivity index (χ0n) is 15.6. The summed E-state index contributed by atoms with van der Waals surface area (Å²) in [5.74, 6) is 0.0344. The Kier molecular flexibility index (Phi) is 6.59. The second kappa shape index (κ2) is 8.94. The number of rotatable bonds is 7. The van der Waals surface area contributed by atoms with Gasteiger partial charge < -0.3 is 9.47 Å². The second-order valence-corrected chi connectivity index (χ2v) is 8.85. The fraction of sp³-hybridized carbons (Fsp3) is 0.350. The van der Waals surface area contributed by atoms with Crippen LogP contribution in [0.3, 0.4) is 0 Å². The largest absolute Gasteiger partial charge is 0.490 e. The minimum absolute atomic E-state index is 0.0204. The molecule has 0 amide bonds. The quantitative estimate of drug-likeness (QED) is 0.502. The summed E-state index contributed by atoms with van der Waals surface area (Å²) < 4.78 is 37.6. The van der Waals surface area contributed by atoms with Crippen molar-refractivity contribution < 1.29 is 22.7 Å². The summed E-state index contributed by atoms with van der Waals surface area (Å²) in [6.07, 6.45) is 1.67. The summed E-state index contributed by atoms with van der Waals surface area (Å²) in [5, 5.41) is 0.144. The number of carbonyl (C=O) groups is 1. The van der Waals surface area contributed by atoms with Gasteiger partial charge in [-0.1, -0.05) is 29.8 Å². The molecule has 150 valence electrons. The highest BCUT2D eigenvalue weighted by molar-refractivity contribution is 7.89. The molecule has 1 aliphatic rings. The number of aryl methyl sites for hydroxylation is 1. The first kappa shape index (κ1) is 20.6. The molecule has 1 aliphatic heterocycles. The van der Waals surface area contributed by atoms with Crippen molar-refractivity contribution in [1.82, 2.24) is 4.31 Å². The van der Waals surface area contributed by atoms with E-state index in [1.165, 1.54) is 22.5 Å². The molecule has 0 bridgehead atoms. The molecule has 0 radical (unpaired) electrons. The van der Waals surface area contributed by atoms with Gasteiger partial charge in [-0.3, -0.25) is 0 Å². The van der Waals surface area contributed by atoms with Gasteiger partial charge in [-0.05, 0) is 49.6 Å². The number of hydrogen-bond donors (Lipinski definition) is 0. The first-order valence-corrected chi connectivity index (χ1v) is 10.9. The maximum absolute atomic E-state index is 12.7. The average molecular weight is 424 g/mol. The highest BCUT2D eigenvalue weighted by Crippen LogP contribution is 2.26. The van der Waals surface area contributed by atoms with Gasteiger partial charge in [0.2, 0.25) is 10.0 Å². The van der Waals surface area contributed by atoms with Crippen molar-refractivity contribution >= 4 is 27.6 Å². The zero-order valence-corrected chi connectivity index (χ0v) is 17.1. The van der Waals surface area contributed by atoms with E-state index in [2.05, 4.69) is 0 Å². The highest BCUT2D eigenvalue weighted by Gasteiger charge is 2.28. The van der Waals surface area contributed by atoms with E-state index < -0.39 is 16.0 Å². The molecule has 0 aliphatic carbocycles. The van der Waals surface area contributed by atoms with Gasteiger partial charge in [-0.15, -0.1) is 0 Å². The Bertz CT molecular complexity index is 955. The van der Waals surface area contributed by atoms with E-state index in [-0.39, 0.29) is 28.7 Å². The number of halogens is 1. The lowest BCUT2D eigenvalue weighted by atomic mass is 10.2. The lowest BCUT2D eigenvalue weighted by molar-refractivity contribution is 0.0450. The van der Waals surface area contributed by atoms with Crippen LogP contribution >= 0.6 is 11.6 Å². The summed E-state index contributed by atoms with van der Waals surface area (Å²) in [6.45, 7) is 3.10. The molecule has 0 atom stereocenters. The summed E-state index contributed by atoms with van der Waals surface area (Å²) in [4.78, 5) is 12.4. The Morgan fingerprint density at radius 2 is 1.82 bits per heavy atom. The third kappa shape index (κ3) is 4.66. The van der Waals surface area contributed by atoms with E-state index >= 15 is 0 Å². The van der Waals surface area contributed by atoms with Crippen LogP contribution in [0.15, 0.2) is 47.4 Å². The fourth-order valence-electron chi connectivity index (χ4n) is 2.98. The normalized spacial score (nSPS) is 14.8. The van der Waals surface area contributed by atoms with E-state index in [9.17, 15) is 13.2 Å². The van der Waals surface area contributed by atoms with Gasteiger partial charge in [0.05, 0.1) is 15.5 Å². The van der Waals surface area contributed by atoms with Gasteiger partial charge in [0.1, 0.15) is 19.0 Å². The minimum atomic E-state index is -3.64. The molecule has 0 spiro atoms. The van der Waals surface area contributed by atoms with E-state index in [0.717, 1.165) is 24.2 Å². The number of nitrogens with zero attached hydrogens (tertiary/aromatic N) is 1. The Morgan fingerprint density at radius 1 is 1.11 bits per heavy atom. The van der Waals surface area contributed by atoms with Gasteiger partial charge >= 0.3 is 5.97 Å². The molecule has 0 saturated carbocycles. The average Bonchev–Trinajstić information content (AvgIpc) is 3.22. The monoisotopic (exact) mass is 423 g/mol. The van der Waals surface area contributed by atoms with Crippen LogP contribution in [-0.4, -0.2) is 45.0 Å². The van der Waals surface area contributed by atoms with Gasteiger partial charge in [-0.25, -0.2) is 13.2 Å². The van der Waals surface area contributed by atoms with Crippen molar-refractivity contribution in [2.75, 3.05) is 26.3 Å². The Hall–Kier alpha value is -2.09. The molecule has 0 unspecified atom stereocenters. The summed E-state index contributed by atoms with van der Waals surface area (Å²) in [7, 11) is -3.64. The van der Waals surface area contributed by atoms with Crippen LogP contribution in [0.5, 0.6) is 5.75 Å². The molecule has 0 N–H and O–H groups in total. The van der Waals surface area contributed by atoms with Crippen LogP contribution in [0.2, 0.25) is 5.02 Å². The van der Waals surface area contributed by atoms with Crippen molar-refractivity contribution in [3.8, 4) is 5.75 Å². The second-order valence-electron chi connectivity index (χ2n) is 6.50. The van der Waals surface area contributed by atoms with Crippen LogP contribution < -0.4 is 4.74 Å². The lowest BCUT2D eigenvalue weighted by Crippen LogP contribution is -2.28. The fourth-order valence-corrected chi connectivity index (χ4v) is 4.72.